The highest BCUT2D eigenvalue weighted by molar-refractivity contribution is 7.90. The molecule has 1 aliphatic heterocycles. The summed E-state index contributed by atoms with van der Waals surface area (Å²) < 4.78 is 76.2. The van der Waals surface area contributed by atoms with E-state index in [9.17, 15) is 36.0 Å². The van der Waals surface area contributed by atoms with Gasteiger partial charge in [-0.25, -0.2) is 22.9 Å². The lowest BCUT2D eigenvalue weighted by molar-refractivity contribution is -0.208. The zero-order valence-corrected chi connectivity index (χ0v) is 26.7. The van der Waals surface area contributed by atoms with Gasteiger partial charge >= 0.3 is 12.1 Å². The fourth-order valence-electron chi connectivity index (χ4n) is 5.60. The maximum absolute atomic E-state index is 13.9. The van der Waals surface area contributed by atoms with Crippen molar-refractivity contribution >= 4 is 33.3 Å². The van der Waals surface area contributed by atoms with Gasteiger partial charge in [-0.3, -0.25) is 9.59 Å². The first-order valence-electron chi connectivity index (χ1n) is 14.6. The number of sulfone groups is 1. The van der Waals surface area contributed by atoms with Gasteiger partial charge in [0, 0.05) is 62.0 Å². The van der Waals surface area contributed by atoms with Gasteiger partial charge in [0.15, 0.2) is 20.5 Å². The van der Waals surface area contributed by atoms with Crippen LogP contribution >= 0.6 is 0 Å². The molecule has 6 rings (SSSR count). The number of alkyl halides is 3. The Morgan fingerprint density at radius 3 is 2.23 bits per heavy atom. The van der Waals surface area contributed by atoms with E-state index in [0.717, 1.165) is 11.2 Å². The number of hydrogen-bond acceptors (Lipinski definition) is 9. The van der Waals surface area contributed by atoms with Crippen LogP contribution in [-0.2, 0) is 37.1 Å². The van der Waals surface area contributed by atoms with E-state index in [0.29, 0.717) is 34.2 Å². The SMILES string of the molecule is COc1ccc(-n2nc(S(C)(=O)=O)c3c2C(=O)N(c2ccc(-n4ccnc4CN(C)C(=O)C4(OC(=O)C(F)(F)F)CC4)cc2)CC3)cc1. The van der Waals surface area contributed by atoms with Crippen molar-refractivity contribution in [2.75, 3.05) is 31.9 Å². The van der Waals surface area contributed by atoms with Crippen molar-refractivity contribution in [3.8, 4) is 17.1 Å². The number of anilines is 1. The van der Waals surface area contributed by atoms with Crippen molar-refractivity contribution in [2.24, 2.45) is 0 Å². The molecule has 2 amide bonds. The number of fused-ring (bicyclic) bond motifs is 1. The summed E-state index contributed by atoms with van der Waals surface area (Å²) in [6.45, 7) is 0.107. The van der Waals surface area contributed by atoms with Crippen LogP contribution in [0.5, 0.6) is 5.75 Å². The summed E-state index contributed by atoms with van der Waals surface area (Å²) in [7, 11) is -0.845. The van der Waals surface area contributed by atoms with Gasteiger partial charge in [-0.1, -0.05) is 0 Å². The highest BCUT2D eigenvalue weighted by atomic mass is 32.2. The number of hydrogen-bond donors (Lipinski definition) is 0. The standard InChI is InChI=1S/C31H29F3N6O7S/c1-37(28(42)30(13-14-30)47-29(43)31(32,33)34)18-24-35-15-17-38(24)19-4-6-20(7-5-19)39-16-12-23-25(27(39)41)40(36-26(23)48(3,44)45)21-8-10-22(46-2)11-9-21/h4-11,15,17H,12-14,16,18H2,1-3H3. The fraction of sp³-hybridized carbons (Fsp3) is 0.323. The Kier molecular flexibility index (Phi) is 8.05. The Bertz CT molecular complexity index is 2020. The Morgan fingerprint density at radius 2 is 1.65 bits per heavy atom. The summed E-state index contributed by atoms with van der Waals surface area (Å²) in [5.41, 5.74) is 0.267. The summed E-state index contributed by atoms with van der Waals surface area (Å²) in [6.07, 6.45) is -0.816. The van der Waals surface area contributed by atoms with Gasteiger partial charge in [-0.15, -0.1) is 0 Å². The molecule has 2 aromatic carbocycles. The minimum Gasteiger partial charge on any atom is -0.497 e. The lowest BCUT2D eigenvalue weighted by Gasteiger charge is -2.28. The zero-order valence-electron chi connectivity index (χ0n) is 25.9. The number of carbonyl (C=O) groups is 3. The molecule has 0 radical (unpaired) electrons. The molecule has 0 bridgehead atoms. The molecule has 0 unspecified atom stereocenters. The van der Waals surface area contributed by atoms with E-state index in [1.807, 2.05) is 0 Å². The number of likely N-dealkylation sites (N-methyl/N-ethyl adjacent to an activating group) is 1. The third kappa shape index (κ3) is 6.00. The molecular weight excluding hydrogens is 657 g/mol. The summed E-state index contributed by atoms with van der Waals surface area (Å²) in [4.78, 5) is 45.2. The number of rotatable bonds is 9. The van der Waals surface area contributed by atoms with Crippen LogP contribution in [0.25, 0.3) is 11.4 Å². The van der Waals surface area contributed by atoms with Crippen LogP contribution in [0.15, 0.2) is 66.0 Å². The molecule has 0 N–H and O–H groups in total. The summed E-state index contributed by atoms with van der Waals surface area (Å²) in [5.74, 6) is -2.65. The van der Waals surface area contributed by atoms with Gasteiger partial charge in [0.25, 0.3) is 11.8 Å². The van der Waals surface area contributed by atoms with E-state index in [1.54, 1.807) is 59.3 Å². The quantitative estimate of drug-likeness (QED) is 0.242. The second-order valence-corrected chi connectivity index (χ2v) is 13.4. The van der Waals surface area contributed by atoms with Gasteiger partial charge in [0.05, 0.1) is 19.3 Å². The molecule has 0 saturated heterocycles. The minimum absolute atomic E-state index is 0.0128. The highest BCUT2D eigenvalue weighted by Crippen LogP contribution is 2.43. The Hall–Kier alpha value is -5.19. The minimum atomic E-state index is -5.21. The molecule has 13 nitrogen and oxygen atoms in total. The molecular formula is C31H29F3N6O7S. The monoisotopic (exact) mass is 686 g/mol. The van der Waals surface area contributed by atoms with Gasteiger partial charge in [-0.05, 0) is 55.0 Å². The van der Waals surface area contributed by atoms with Crippen LogP contribution < -0.4 is 9.64 Å². The smallest absolute Gasteiger partial charge is 0.490 e. The van der Waals surface area contributed by atoms with Gasteiger partial charge in [0.2, 0.25) is 0 Å². The largest absolute Gasteiger partial charge is 0.497 e. The number of amides is 2. The molecule has 0 atom stereocenters. The molecule has 1 fully saturated rings. The number of ether oxygens (including phenoxy) is 2. The lowest BCUT2D eigenvalue weighted by atomic mass is 10.1. The number of halogens is 3. The Balaban J connectivity index is 1.22. The maximum atomic E-state index is 13.9. The van der Waals surface area contributed by atoms with Crippen molar-refractivity contribution in [3.63, 3.8) is 0 Å². The van der Waals surface area contributed by atoms with E-state index in [-0.39, 0.29) is 43.1 Å². The van der Waals surface area contributed by atoms with E-state index in [1.165, 1.54) is 29.9 Å². The summed E-state index contributed by atoms with van der Waals surface area (Å²) in [6, 6.07) is 13.6. The van der Waals surface area contributed by atoms with Crippen molar-refractivity contribution in [1.82, 2.24) is 24.2 Å². The number of methoxy groups -OCH3 is 1. The number of aromatic nitrogens is 4. The number of nitrogens with zero attached hydrogens (tertiary/aromatic N) is 6. The van der Waals surface area contributed by atoms with Crippen molar-refractivity contribution in [1.29, 1.82) is 0 Å². The average Bonchev–Trinajstić information content (AvgIpc) is 3.48. The molecule has 0 spiro atoms. The second-order valence-electron chi connectivity index (χ2n) is 11.5. The Morgan fingerprint density at radius 1 is 1.02 bits per heavy atom. The third-order valence-corrected chi connectivity index (χ3v) is 9.17. The van der Waals surface area contributed by atoms with Crippen LogP contribution in [0.4, 0.5) is 18.9 Å². The van der Waals surface area contributed by atoms with Gasteiger partial charge < -0.3 is 23.8 Å². The molecule has 2 aromatic heterocycles. The van der Waals surface area contributed by atoms with Crippen LogP contribution in [0.2, 0.25) is 0 Å². The van der Waals surface area contributed by atoms with Crippen LogP contribution in [0, 0.1) is 0 Å². The first-order chi connectivity index (χ1) is 22.6. The van der Waals surface area contributed by atoms with Crippen molar-refractivity contribution < 1.29 is 45.4 Å². The molecule has 17 heteroatoms. The number of benzene rings is 2. The van der Waals surface area contributed by atoms with E-state index in [4.69, 9.17) is 4.74 Å². The van der Waals surface area contributed by atoms with Crippen LogP contribution in [0.1, 0.15) is 34.7 Å². The first-order valence-corrected chi connectivity index (χ1v) is 16.5. The van der Waals surface area contributed by atoms with Crippen molar-refractivity contribution in [3.05, 3.63) is 78.0 Å². The van der Waals surface area contributed by atoms with Gasteiger partial charge in [0.1, 0.15) is 17.3 Å². The first kappa shape index (κ1) is 32.7. The normalized spacial score (nSPS) is 15.5. The van der Waals surface area contributed by atoms with Gasteiger partial charge in [-0.2, -0.15) is 18.3 Å². The molecule has 3 heterocycles. The zero-order chi connectivity index (χ0) is 34.6. The summed E-state index contributed by atoms with van der Waals surface area (Å²) in [5, 5.41) is 4.18. The number of imidazole rings is 1. The molecule has 1 aliphatic carbocycles. The number of carbonyl (C=O) groups excluding carboxylic acids is 3. The summed E-state index contributed by atoms with van der Waals surface area (Å²) >= 11 is 0. The topological polar surface area (TPSA) is 146 Å². The predicted molar refractivity (Wildman–Crippen MR) is 163 cm³/mol. The number of esters is 1. The molecule has 48 heavy (non-hydrogen) atoms. The molecule has 2 aliphatic rings. The maximum Gasteiger partial charge on any atom is 0.490 e. The van der Waals surface area contributed by atoms with Crippen molar-refractivity contribution in [2.45, 2.75) is 42.6 Å². The fourth-order valence-corrected chi connectivity index (χ4v) is 6.48. The molecule has 4 aromatic rings. The highest BCUT2D eigenvalue weighted by Gasteiger charge is 2.58. The third-order valence-electron chi connectivity index (χ3n) is 8.14. The predicted octanol–water partition coefficient (Wildman–Crippen LogP) is 3.27. The molecule has 1 saturated carbocycles. The van der Waals surface area contributed by atoms with E-state index in [2.05, 4.69) is 14.8 Å². The van der Waals surface area contributed by atoms with E-state index < -0.39 is 39.4 Å². The van der Waals surface area contributed by atoms with Crippen LogP contribution in [0.3, 0.4) is 0 Å². The van der Waals surface area contributed by atoms with Crippen LogP contribution in [-0.4, -0.2) is 89.2 Å². The second kappa shape index (κ2) is 11.8. The lowest BCUT2D eigenvalue weighted by Crippen LogP contribution is -2.43. The van der Waals surface area contributed by atoms with E-state index >= 15 is 0 Å². The average molecular weight is 687 g/mol. The molecule has 252 valence electrons. The Labute approximate surface area is 272 Å².